The molecule has 0 aliphatic carbocycles. The molecule has 1 fully saturated rings. The van der Waals surface area contributed by atoms with E-state index in [2.05, 4.69) is 39.0 Å². The van der Waals surface area contributed by atoms with Gasteiger partial charge in [0.15, 0.2) is 5.82 Å². The van der Waals surface area contributed by atoms with Crippen molar-refractivity contribution in [2.45, 2.75) is 38.8 Å². The molecule has 1 saturated heterocycles. The van der Waals surface area contributed by atoms with Crippen LogP contribution in [-0.4, -0.2) is 34.5 Å². The van der Waals surface area contributed by atoms with E-state index in [0.29, 0.717) is 12.4 Å². The van der Waals surface area contributed by atoms with Crippen LogP contribution in [0.2, 0.25) is 0 Å². The summed E-state index contributed by atoms with van der Waals surface area (Å²) >= 11 is 1.60. The summed E-state index contributed by atoms with van der Waals surface area (Å²) in [6.45, 7) is 4.81. The van der Waals surface area contributed by atoms with Gasteiger partial charge in [0.1, 0.15) is 0 Å². The maximum absolute atomic E-state index is 12.7. The summed E-state index contributed by atoms with van der Waals surface area (Å²) < 4.78 is 0. The van der Waals surface area contributed by atoms with Crippen molar-refractivity contribution in [3.63, 3.8) is 0 Å². The maximum atomic E-state index is 12.7. The van der Waals surface area contributed by atoms with E-state index >= 15 is 0 Å². The quantitative estimate of drug-likeness (QED) is 0.710. The highest BCUT2D eigenvalue weighted by molar-refractivity contribution is 7.13. The first kappa shape index (κ1) is 18.6. The first-order valence-electron chi connectivity index (χ1n) is 10.5. The van der Waals surface area contributed by atoms with Gasteiger partial charge in [-0.05, 0) is 48.4 Å². The molecule has 4 heterocycles. The van der Waals surface area contributed by atoms with Gasteiger partial charge in [-0.1, -0.05) is 18.2 Å². The van der Waals surface area contributed by atoms with Crippen LogP contribution in [-0.2, 0) is 19.5 Å². The highest BCUT2D eigenvalue weighted by Crippen LogP contribution is 2.24. The highest BCUT2D eigenvalue weighted by atomic mass is 32.1. The second-order valence-electron chi connectivity index (χ2n) is 7.99. The van der Waals surface area contributed by atoms with E-state index in [4.69, 9.17) is 4.98 Å². The zero-order chi connectivity index (χ0) is 19.6. The number of benzene rings is 1. The third kappa shape index (κ3) is 4.00. The Morgan fingerprint density at radius 2 is 1.86 bits per heavy atom. The van der Waals surface area contributed by atoms with Crippen molar-refractivity contribution in [2.75, 3.05) is 24.5 Å². The van der Waals surface area contributed by atoms with Gasteiger partial charge < -0.3 is 9.88 Å². The molecule has 0 radical (unpaired) electrons. The van der Waals surface area contributed by atoms with E-state index in [1.54, 1.807) is 11.3 Å². The van der Waals surface area contributed by atoms with Crippen LogP contribution in [0.15, 0.2) is 46.6 Å². The molecule has 2 aliphatic rings. The molecule has 0 spiro atoms. The number of hydrogen-bond donors (Lipinski definition) is 1. The predicted molar refractivity (Wildman–Crippen MR) is 118 cm³/mol. The summed E-state index contributed by atoms with van der Waals surface area (Å²) in [7, 11) is 0. The van der Waals surface area contributed by atoms with Gasteiger partial charge in [0, 0.05) is 44.8 Å². The molecule has 6 heteroatoms. The summed E-state index contributed by atoms with van der Waals surface area (Å²) in [6.07, 6.45) is 4.77. The second-order valence-corrected chi connectivity index (χ2v) is 8.94. The number of H-pyrrole nitrogens is 1. The van der Waals surface area contributed by atoms with E-state index < -0.39 is 0 Å². The van der Waals surface area contributed by atoms with E-state index in [9.17, 15) is 4.79 Å². The zero-order valence-electron chi connectivity index (χ0n) is 16.6. The lowest BCUT2D eigenvalue weighted by Crippen LogP contribution is -2.35. The number of nitrogens with one attached hydrogen (secondary N) is 1. The van der Waals surface area contributed by atoms with Crippen molar-refractivity contribution in [3.05, 3.63) is 69.0 Å². The fourth-order valence-corrected chi connectivity index (χ4v) is 5.04. The third-order valence-corrected chi connectivity index (χ3v) is 6.84. The minimum absolute atomic E-state index is 0.00328. The normalized spacial score (nSPS) is 17.3. The van der Waals surface area contributed by atoms with Crippen LogP contribution in [0, 0.1) is 0 Å². The Morgan fingerprint density at radius 1 is 1.03 bits per heavy atom. The summed E-state index contributed by atoms with van der Waals surface area (Å²) in [4.78, 5) is 26.2. The van der Waals surface area contributed by atoms with Crippen LogP contribution in [0.3, 0.4) is 0 Å². The van der Waals surface area contributed by atoms with Crippen LogP contribution in [0.4, 0.5) is 5.69 Å². The summed E-state index contributed by atoms with van der Waals surface area (Å²) in [5.74, 6) is 0.700. The molecule has 2 aliphatic heterocycles. The first-order valence-corrected chi connectivity index (χ1v) is 11.4. The lowest BCUT2D eigenvalue weighted by atomic mass is 10.1. The van der Waals surface area contributed by atoms with Crippen LogP contribution in [0.1, 0.15) is 36.1 Å². The number of aromatic nitrogens is 2. The predicted octanol–water partition coefficient (Wildman–Crippen LogP) is 4.05. The zero-order valence-corrected chi connectivity index (χ0v) is 17.4. The van der Waals surface area contributed by atoms with Gasteiger partial charge >= 0.3 is 0 Å². The van der Waals surface area contributed by atoms with Gasteiger partial charge in [-0.25, -0.2) is 4.98 Å². The largest absolute Gasteiger partial charge is 0.372 e. The minimum atomic E-state index is 0.00328. The van der Waals surface area contributed by atoms with Gasteiger partial charge in [-0.3, -0.25) is 9.69 Å². The van der Waals surface area contributed by atoms with Crippen molar-refractivity contribution in [3.8, 4) is 10.7 Å². The molecule has 0 unspecified atom stereocenters. The van der Waals surface area contributed by atoms with Crippen molar-refractivity contribution in [1.29, 1.82) is 0 Å². The number of fused-ring (bicyclic) bond motifs is 1. The molecule has 5 nitrogen and oxygen atoms in total. The third-order valence-electron chi connectivity index (χ3n) is 5.97. The second kappa shape index (κ2) is 8.13. The van der Waals surface area contributed by atoms with Gasteiger partial charge in [0.2, 0.25) is 0 Å². The standard InChI is InChI=1S/C23H26N4OS/c28-23-19-16-26(13-10-20(19)24-22(25-23)21-5-4-14-29-21)15-17-6-8-18(9-7-17)27-11-2-1-3-12-27/h4-9,14H,1-3,10-13,15-16H2,(H,24,25,28). The van der Waals surface area contributed by atoms with Gasteiger partial charge in [-0.2, -0.15) is 0 Å². The lowest BCUT2D eigenvalue weighted by Gasteiger charge is -2.30. The molecule has 150 valence electrons. The summed E-state index contributed by atoms with van der Waals surface area (Å²) in [5.41, 5.74) is 4.41. The van der Waals surface area contributed by atoms with E-state index in [1.165, 1.54) is 43.6 Å². The minimum Gasteiger partial charge on any atom is -0.372 e. The van der Waals surface area contributed by atoms with Gasteiger partial charge in [0.05, 0.1) is 16.1 Å². The monoisotopic (exact) mass is 406 g/mol. The Kier molecular flexibility index (Phi) is 5.21. The molecule has 5 rings (SSSR count). The Labute approximate surface area is 175 Å². The van der Waals surface area contributed by atoms with Crippen LogP contribution in [0.5, 0.6) is 0 Å². The van der Waals surface area contributed by atoms with Crippen molar-refractivity contribution >= 4 is 17.0 Å². The number of nitrogens with zero attached hydrogens (tertiary/aromatic N) is 3. The first-order chi connectivity index (χ1) is 14.3. The number of rotatable bonds is 4. The topological polar surface area (TPSA) is 52.2 Å². The van der Waals surface area contributed by atoms with E-state index in [1.807, 2.05) is 17.5 Å². The molecule has 0 atom stereocenters. The Balaban J connectivity index is 1.28. The van der Waals surface area contributed by atoms with E-state index in [0.717, 1.165) is 35.6 Å². The molecule has 2 aromatic heterocycles. The number of hydrogen-bond acceptors (Lipinski definition) is 5. The van der Waals surface area contributed by atoms with Crippen molar-refractivity contribution in [2.24, 2.45) is 0 Å². The number of thiophene rings is 1. The summed E-state index contributed by atoms with van der Waals surface area (Å²) in [5, 5.41) is 2.01. The Hall–Kier alpha value is -2.44. The Morgan fingerprint density at radius 3 is 2.62 bits per heavy atom. The molecule has 1 aromatic carbocycles. The average Bonchev–Trinajstić information content (AvgIpc) is 3.30. The van der Waals surface area contributed by atoms with Crippen LogP contribution in [0.25, 0.3) is 10.7 Å². The van der Waals surface area contributed by atoms with Crippen LogP contribution < -0.4 is 10.5 Å². The fraction of sp³-hybridized carbons (Fsp3) is 0.391. The molecular formula is C23H26N4OS. The number of piperidine rings is 1. The van der Waals surface area contributed by atoms with E-state index in [-0.39, 0.29) is 5.56 Å². The van der Waals surface area contributed by atoms with Crippen molar-refractivity contribution < 1.29 is 0 Å². The highest BCUT2D eigenvalue weighted by Gasteiger charge is 2.22. The molecular weight excluding hydrogens is 380 g/mol. The SMILES string of the molecule is O=c1[nH]c(-c2cccs2)nc2c1CN(Cc1ccc(N3CCCCC3)cc1)CC2. The fourth-order valence-electron chi connectivity index (χ4n) is 4.37. The Bertz CT molecular complexity index is 1020. The van der Waals surface area contributed by atoms with Gasteiger partial charge in [0.25, 0.3) is 5.56 Å². The number of anilines is 1. The molecule has 0 bridgehead atoms. The maximum Gasteiger partial charge on any atom is 0.255 e. The smallest absolute Gasteiger partial charge is 0.255 e. The molecule has 1 N–H and O–H groups in total. The lowest BCUT2D eigenvalue weighted by molar-refractivity contribution is 0.242. The summed E-state index contributed by atoms with van der Waals surface area (Å²) in [6, 6.07) is 13.0. The van der Waals surface area contributed by atoms with Crippen molar-refractivity contribution in [1.82, 2.24) is 14.9 Å². The van der Waals surface area contributed by atoms with Crippen LogP contribution >= 0.6 is 11.3 Å². The molecule has 0 amide bonds. The van der Waals surface area contributed by atoms with Gasteiger partial charge in [-0.15, -0.1) is 11.3 Å². The molecule has 29 heavy (non-hydrogen) atoms. The molecule has 0 saturated carbocycles. The average molecular weight is 407 g/mol. The molecule has 3 aromatic rings. The number of aromatic amines is 1.